The minimum Gasteiger partial charge on any atom is -0.480 e. The molecular formula is C13H15FN2O3. The molecule has 1 aliphatic heterocycles. The third-order valence-electron chi connectivity index (χ3n) is 3.39. The van der Waals surface area contributed by atoms with E-state index >= 15 is 0 Å². The summed E-state index contributed by atoms with van der Waals surface area (Å²) < 4.78 is 13.7. The van der Waals surface area contributed by atoms with E-state index in [4.69, 9.17) is 5.11 Å². The van der Waals surface area contributed by atoms with Crippen LogP contribution in [0, 0.1) is 5.82 Å². The smallest absolute Gasteiger partial charge is 0.329 e. The quantitative estimate of drug-likeness (QED) is 0.875. The molecule has 1 heterocycles. The first-order valence-corrected chi connectivity index (χ1v) is 5.90. The van der Waals surface area contributed by atoms with Crippen LogP contribution in [0.5, 0.6) is 0 Å². The van der Waals surface area contributed by atoms with Crippen molar-refractivity contribution in [3.8, 4) is 0 Å². The van der Waals surface area contributed by atoms with Crippen molar-refractivity contribution in [3.05, 3.63) is 35.6 Å². The molecule has 102 valence electrons. The lowest BCUT2D eigenvalue weighted by Crippen LogP contribution is -2.51. The van der Waals surface area contributed by atoms with E-state index in [0.717, 1.165) is 0 Å². The average Bonchev–Trinajstić information content (AvgIpc) is 2.72. The van der Waals surface area contributed by atoms with Gasteiger partial charge in [-0.25, -0.2) is 14.0 Å². The average molecular weight is 266 g/mol. The third kappa shape index (κ3) is 2.25. The lowest BCUT2D eigenvalue weighted by molar-refractivity contribution is -0.147. The molecule has 1 aromatic carbocycles. The summed E-state index contributed by atoms with van der Waals surface area (Å²) in [6.45, 7) is 3.01. The first-order chi connectivity index (χ1) is 8.84. The fraction of sp³-hybridized carbons (Fsp3) is 0.385. The molecule has 6 heteroatoms. The monoisotopic (exact) mass is 266 g/mol. The molecular weight excluding hydrogens is 251 g/mol. The third-order valence-corrected chi connectivity index (χ3v) is 3.39. The summed E-state index contributed by atoms with van der Waals surface area (Å²) in [6, 6.07) is 5.10. The number of hydrogen-bond donors (Lipinski definition) is 2. The van der Waals surface area contributed by atoms with Gasteiger partial charge in [-0.05, 0) is 19.9 Å². The number of nitrogens with one attached hydrogen (secondary N) is 1. The van der Waals surface area contributed by atoms with Crippen LogP contribution in [0.15, 0.2) is 24.3 Å². The Labute approximate surface area is 110 Å². The maximum absolute atomic E-state index is 13.7. The van der Waals surface area contributed by atoms with Crippen LogP contribution < -0.4 is 5.32 Å². The molecule has 1 unspecified atom stereocenters. The molecule has 2 N–H and O–H groups in total. The van der Waals surface area contributed by atoms with Gasteiger partial charge < -0.3 is 15.3 Å². The Morgan fingerprint density at radius 1 is 1.47 bits per heavy atom. The van der Waals surface area contributed by atoms with Gasteiger partial charge in [0, 0.05) is 12.1 Å². The standard InChI is InChI=1S/C13H15FN2O3/c1-13(2,11(17)18)16-7-10(15-12(16)19)8-5-3-4-6-9(8)14/h3-6,10H,7H2,1-2H3,(H,15,19)(H,17,18). The summed E-state index contributed by atoms with van der Waals surface area (Å²) in [4.78, 5) is 24.2. The van der Waals surface area contributed by atoms with E-state index in [1.54, 1.807) is 18.2 Å². The molecule has 19 heavy (non-hydrogen) atoms. The Balaban J connectivity index is 2.26. The van der Waals surface area contributed by atoms with Crippen LogP contribution >= 0.6 is 0 Å². The molecule has 0 saturated carbocycles. The number of nitrogens with zero attached hydrogens (tertiary/aromatic N) is 1. The van der Waals surface area contributed by atoms with Crippen LogP contribution in [-0.2, 0) is 4.79 Å². The molecule has 0 spiro atoms. The van der Waals surface area contributed by atoms with Crippen molar-refractivity contribution in [2.75, 3.05) is 6.54 Å². The van der Waals surface area contributed by atoms with Gasteiger partial charge in [-0.1, -0.05) is 18.2 Å². The predicted octanol–water partition coefficient (Wildman–Crippen LogP) is 1.76. The number of rotatable bonds is 3. The molecule has 1 saturated heterocycles. The van der Waals surface area contributed by atoms with Crippen molar-refractivity contribution < 1.29 is 19.1 Å². The van der Waals surface area contributed by atoms with E-state index in [2.05, 4.69) is 5.32 Å². The fourth-order valence-electron chi connectivity index (χ4n) is 2.07. The van der Waals surface area contributed by atoms with E-state index in [-0.39, 0.29) is 6.54 Å². The number of halogens is 1. The van der Waals surface area contributed by atoms with Crippen molar-refractivity contribution in [2.24, 2.45) is 0 Å². The Bertz CT molecular complexity index is 530. The Morgan fingerprint density at radius 2 is 2.11 bits per heavy atom. The number of amides is 2. The van der Waals surface area contributed by atoms with Crippen molar-refractivity contribution in [3.63, 3.8) is 0 Å². The Hall–Kier alpha value is -2.11. The molecule has 0 aromatic heterocycles. The van der Waals surface area contributed by atoms with E-state index in [1.165, 1.54) is 24.8 Å². The number of carbonyl (C=O) groups is 2. The van der Waals surface area contributed by atoms with Crippen LogP contribution in [0.3, 0.4) is 0 Å². The van der Waals surface area contributed by atoms with Crippen molar-refractivity contribution >= 4 is 12.0 Å². The first-order valence-electron chi connectivity index (χ1n) is 5.90. The number of carboxylic acid groups (broad SMARTS) is 1. The van der Waals surface area contributed by atoms with Gasteiger partial charge in [0.05, 0.1) is 6.04 Å². The summed E-state index contributed by atoms with van der Waals surface area (Å²) in [5, 5.41) is 11.7. The van der Waals surface area contributed by atoms with Gasteiger partial charge in [-0.2, -0.15) is 0 Å². The van der Waals surface area contributed by atoms with Gasteiger partial charge in [-0.3, -0.25) is 0 Å². The summed E-state index contributed by atoms with van der Waals surface area (Å²) in [7, 11) is 0. The maximum Gasteiger partial charge on any atom is 0.329 e. The lowest BCUT2D eigenvalue weighted by Gasteiger charge is -2.30. The molecule has 1 aliphatic rings. The second kappa shape index (κ2) is 4.53. The number of aliphatic carboxylic acids is 1. The second-order valence-electron chi connectivity index (χ2n) is 5.00. The highest BCUT2D eigenvalue weighted by Crippen LogP contribution is 2.27. The molecule has 2 amide bonds. The molecule has 0 aliphatic carbocycles. The summed E-state index contributed by atoms with van der Waals surface area (Å²) in [6.07, 6.45) is 0. The fourth-order valence-corrected chi connectivity index (χ4v) is 2.07. The van der Waals surface area contributed by atoms with Crippen LogP contribution in [0.2, 0.25) is 0 Å². The molecule has 0 bridgehead atoms. The maximum atomic E-state index is 13.7. The van der Waals surface area contributed by atoms with Crippen LogP contribution in [0.1, 0.15) is 25.5 Å². The number of urea groups is 1. The van der Waals surface area contributed by atoms with E-state index in [9.17, 15) is 14.0 Å². The summed E-state index contributed by atoms with van der Waals surface area (Å²) >= 11 is 0. The van der Waals surface area contributed by atoms with Gasteiger partial charge in [-0.15, -0.1) is 0 Å². The predicted molar refractivity (Wildman–Crippen MR) is 66.1 cm³/mol. The SMILES string of the molecule is CC(C)(C(=O)O)N1CC(c2ccccc2F)NC1=O. The molecule has 2 rings (SSSR count). The van der Waals surface area contributed by atoms with Crippen LogP contribution in [0.25, 0.3) is 0 Å². The molecule has 0 radical (unpaired) electrons. The zero-order chi connectivity index (χ0) is 14.2. The summed E-state index contributed by atoms with van der Waals surface area (Å²) in [5.74, 6) is -1.51. The first kappa shape index (κ1) is 13.3. The topological polar surface area (TPSA) is 69.6 Å². The molecule has 5 nitrogen and oxygen atoms in total. The normalized spacial score (nSPS) is 19.4. The van der Waals surface area contributed by atoms with Gasteiger partial charge in [0.15, 0.2) is 0 Å². The Morgan fingerprint density at radius 3 is 2.68 bits per heavy atom. The van der Waals surface area contributed by atoms with Crippen LogP contribution in [-0.4, -0.2) is 34.1 Å². The Kier molecular flexibility index (Phi) is 3.18. The van der Waals surface area contributed by atoms with Crippen LogP contribution in [0.4, 0.5) is 9.18 Å². The zero-order valence-electron chi connectivity index (χ0n) is 10.7. The largest absolute Gasteiger partial charge is 0.480 e. The minimum absolute atomic E-state index is 0.124. The zero-order valence-corrected chi connectivity index (χ0v) is 10.7. The van der Waals surface area contributed by atoms with E-state index in [1.807, 2.05) is 0 Å². The number of hydrogen-bond acceptors (Lipinski definition) is 2. The van der Waals surface area contributed by atoms with Gasteiger partial charge in [0.1, 0.15) is 11.4 Å². The highest BCUT2D eigenvalue weighted by molar-refractivity contribution is 5.87. The highest BCUT2D eigenvalue weighted by Gasteiger charge is 2.44. The lowest BCUT2D eigenvalue weighted by atomic mass is 10.0. The van der Waals surface area contributed by atoms with E-state index in [0.29, 0.717) is 5.56 Å². The van der Waals surface area contributed by atoms with E-state index < -0.39 is 29.4 Å². The summed E-state index contributed by atoms with van der Waals surface area (Å²) in [5.41, 5.74) is -0.969. The molecule has 1 aromatic rings. The van der Waals surface area contributed by atoms with Gasteiger partial charge >= 0.3 is 12.0 Å². The van der Waals surface area contributed by atoms with Gasteiger partial charge in [0.25, 0.3) is 0 Å². The second-order valence-corrected chi connectivity index (χ2v) is 5.00. The number of benzene rings is 1. The number of carbonyl (C=O) groups excluding carboxylic acids is 1. The number of carboxylic acids is 1. The highest BCUT2D eigenvalue weighted by atomic mass is 19.1. The minimum atomic E-state index is -1.33. The van der Waals surface area contributed by atoms with Crippen molar-refractivity contribution in [1.29, 1.82) is 0 Å². The van der Waals surface area contributed by atoms with Gasteiger partial charge in [0.2, 0.25) is 0 Å². The van der Waals surface area contributed by atoms with Crippen molar-refractivity contribution in [2.45, 2.75) is 25.4 Å². The van der Waals surface area contributed by atoms with Crippen molar-refractivity contribution in [1.82, 2.24) is 10.2 Å². The molecule has 1 fully saturated rings. The molecule has 1 atom stereocenters.